The van der Waals surface area contributed by atoms with Gasteiger partial charge in [0, 0.05) is 25.3 Å². The molecule has 0 aliphatic heterocycles. The van der Waals surface area contributed by atoms with Crippen molar-refractivity contribution in [1.29, 1.82) is 0 Å². The second kappa shape index (κ2) is 6.26. The van der Waals surface area contributed by atoms with E-state index in [1.54, 1.807) is 0 Å². The molecule has 2 rings (SSSR count). The molecule has 0 aliphatic rings. The predicted octanol–water partition coefficient (Wildman–Crippen LogP) is 5.63. The summed E-state index contributed by atoms with van der Waals surface area (Å²) in [6.45, 7) is 2.84. The van der Waals surface area contributed by atoms with Gasteiger partial charge in [-0.3, -0.25) is 0 Å². The molecule has 2 aromatic carbocycles. The van der Waals surface area contributed by atoms with Crippen LogP contribution in [0.5, 0.6) is 0 Å². The van der Waals surface area contributed by atoms with Crippen LogP contribution in [-0.4, -0.2) is 0 Å². The number of anilines is 1. The van der Waals surface area contributed by atoms with E-state index in [0.717, 1.165) is 27.3 Å². The Morgan fingerprint density at radius 2 is 2.00 bits per heavy atom. The Morgan fingerprint density at radius 3 is 2.67 bits per heavy atom. The van der Waals surface area contributed by atoms with Gasteiger partial charge in [-0.2, -0.15) is 0 Å². The molecule has 0 heterocycles. The van der Waals surface area contributed by atoms with Crippen LogP contribution in [0.4, 0.5) is 5.69 Å². The van der Waals surface area contributed by atoms with Crippen molar-refractivity contribution in [1.82, 2.24) is 0 Å². The van der Waals surface area contributed by atoms with Crippen LogP contribution in [0.2, 0.25) is 5.02 Å². The normalized spacial score (nSPS) is 10.4. The Bertz CT molecular complexity index is 572. The van der Waals surface area contributed by atoms with Gasteiger partial charge in [-0.25, -0.2) is 0 Å². The van der Waals surface area contributed by atoms with Gasteiger partial charge in [0.05, 0.1) is 0 Å². The lowest BCUT2D eigenvalue weighted by Gasteiger charge is -2.09. The Kier molecular flexibility index (Phi) is 4.92. The summed E-state index contributed by atoms with van der Waals surface area (Å²) in [5, 5.41) is 4.16. The average molecular weight is 437 g/mol. The number of aryl methyl sites for hydroxylation is 1. The van der Waals surface area contributed by atoms with Crippen LogP contribution >= 0.6 is 50.1 Å². The smallest absolute Gasteiger partial charge is 0.0467 e. The van der Waals surface area contributed by atoms with Crippen molar-refractivity contribution in [2.24, 2.45) is 0 Å². The van der Waals surface area contributed by atoms with Crippen LogP contribution in [0.1, 0.15) is 11.1 Å². The molecule has 0 saturated heterocycles. The third kappa shape index (κ3) is 3.62. The van der Waals surface area contributed by atoms with Crippen LogP contribution < -0.4 is 5.32 Å². The van der Waals surface area contributed by atoms with Gasteiger partial charge >= 0.3 is 0 Å². The molecule has 0 saturated carbocycles. The number of hydrogen-bond acceptors (Lipinski definition) is 1. The summed E-state index contributed by atoms with van der Waals surface area (Å²) in [6, 6.07) is 12.3. The number of nitrogens with one attached hydrogen (secondary N) is 1. The maximum Gasteiger partial charge on any atom is 0.0467 e. The van der Waals surface area contributed by atoms with Gasteiger partial charge in [0.2, 0.25) is 0 Å². The van der Waals surface area contributed by atoms with Crippen molar-refractivity contribution >= 4 is 55.8 Å². The highest BCUT2D eigenvalue weighted by Crippen LogP contribution is 2.23. The first kappa shape index (κ1) is 14.2. The van der Waals surface area contributed by atoms with Crippen molar-refractivity contribution in [3.8, 4) is 0 Å². The summed E-state index contributed by atoms with van der Waals surface area (Å²) in [6.07, 6.45) is 0. The molecular formula is C14H12BrClIN. The summed E-state index contributed by atoms with van der Waals surface area (Å²) >= 11 is 11.9. The zero-order valence-corrected chi connectivity index (χ0v) is 14.3. The van der Waals surface area contributed by atoms with Crippen molar-refractivity contribution in [2.45, 2.75) is 13.5 Å². The van der Waals surface area contributed by atoms with Gasteiger partial charge in [-0.15, -0.1) is 0 Å². The van der Waals surface area contributed by atoms with E-state index in [4.69, 9.17) is 11.6 Å². The van der Waals surface area contributed by atoms with Gasteiger partial charge < -0.3 is 5.32 Å². The van der Waals surface area contributed by atoms with Crippen LogP contribution in [0.15, 0.2) is 40.9 Å². The van der Waals surface area contributed by atoms with Crippen LogP contribution in [-0.2, 0) is 6.54 Å². The third-order valence-electron chi connectivity index (χ3n) is 2.67. The quantitative estimate of drug-likeness (QED) is 0.615. The van der Waals surface area contributed by atoms with Crippen molar-refractivity contribution in [2.75, 3.05) is 5.32 Å². The Balaban J connectivity index is 2.09. The molecular weight excluding hydrogens is 424 g/mol. The highest BCUT2D eigenvalue weighted by atomic mass is 127. The first-order chi connectivity index (χ1) is 8.56. The molecule has 0 amide bonds. The van der Waals surface area contributed by atoms with Gasteiger partial charge in [-0.05, 0) is 64.9 Å². The molecule has 0 aliphatic carbocycles. The minimum absolute atomic E-state index is 0.727. The van der Waals surface area contributed by atoms with E-state index in [1.807, 2.05) is 18.2 Å². The average Bonchev–Trinajstić information content (AvgIpc) is 2.32. The molecule has 18 heavy (non-hydrogen) atoms. The highest BCUT2D eigenvalue weighted by molar-refractivity contribution is 14.1. The summed E-state index contributed by atoms with van der Waals surface area (Å²) in [5.41, 5.74) is 3.50. The summed E-state index contributed by atoms with van der Waals surface area (Å²) in [5.74, 6) is 0. The van der Waals surface area contributed by atoms with Crippen molar-refractivity contribution in [3.63, 3.8) is 0 Å². The number of rotatable bonds is 3. The lowest BCUT2D eigenvalue weighted by Crippen LogP contribution is -2.00. The van der Waals surface area contributed by atoms with Gasteiger partial charge in [-0.1, -0.05) is 39.7 Å². The van der Waals surface area contributed by atoms with Gasteiger partial charge in [0.1, 0.15) is 0 Å². The van der Waals surface area contributed by atoms with Crippen LogP contribution in [0.3, 0.4) is 0 Å². The summed E-state index contributed by atoms with van der Waals surface area (Å²) < 4.78 is 2.26. The lowest BCUT2D eigenvalue weighted by atomic mass is 10.2. The maximum absolute atomic E-state index is 6.18. The van der Waals surface area contributed by atoms with Crippen LogP contribution in [0.25, 0.3) is 0 Å². The Morgan fingerprint density at radius 1 is 1.22 bits per heavy atom. The molecule has 94 valence electrons. The largest absolute Gasteiger partial charge is 0.381 e. The zero-order chi connectivity index (χ0) is 13.1. The molecule has 4 heteroatoms. The summed E-state index contributed by atoms with van der Waals surface area (Å²) in [7, 11) is 0. The van der Waals surface area contributed by atoms with Crippen molar-refractivity contribution in [3.05, 3.63) is 60.6 Å². The predicted molar refractivity (Wildman–Crippen MR) is 90.4 cm³/mol. The van der Waals surface area contributed by atoms with Crippen LogP contribution in [0, 0.1) is 10.5 Å². The highest BCUT2D eigenvalue weighted by Gasteiger charge is 2.02. The fraction of sp³-hybridized carbons (Fsp3) is 0.143. The molecule has 0 spiro atoms. The fourth-order valence-electron chi connectivity index (χ4n) is 1.57. The number of hydrogen-bond donors (Lipinski definition) is 1. The van der Waals surface area contributed by atoms with E-state index in [2.05, 4.69) is 69.0 Å². The zero-order valence-electron chi connectivity index (χ0n) is 9.81. The molecule has 0 radical (unpaired) electrons. The van der Waals surface area contributed by atoms with Gasteiger partial charge in [0.25, 0.3) is 0 Å². The lowest BCUT2D eigenvalue weighted by molar-refractivity contribution is 1.14. The van der Waals surface area contributed by atoms with E-state index in [0.29, 0.717) is 0 Å². The molecule has 1 N–H and O–H groups in total. The monoisotopic (exact) mass is 435 g/mol. The Hall–Kier alpha value is -0.260. The summed E-state index contributed by atoms with van der Waals surface area (Å²) in [4.78, 5) is 0. The molecule has 2 aromatic rings. The van der Waals surface area contributed by atoms with Crippen molar-refractivity contribution < 1.29 is 0 Å². The SMILES string of the molecule is Cc1ccc(NCc2ccc(Br)cc2Cl)cc1I. The van der Waals surface area contributed by atoms with E-state index < -0.39 is 0 Å². The van der Waals surface area contributed by atoms with E-state index in [1.165, 1.54) is 9.13 Å². The standard InChI is InChI=1S/C14H12BrClIN/c1-9-2-5-12(7-14(9)17)18-8-10-3-4-11(15)6-13(10)16/h2-7,18H,8H2,1H3. The Labute approximate surface area is 134 Å². The molecule has 0 atom stereocenters. The van der Waals surface area contributed by atoms with Gasteiger partial charge in [0.15, 0.2) is 0 Å². The minimum Gasteiger partial charge on any atom is -0.381 e. The van der Waals surface area contributed by atoms with E-state index in [9.17, 15) is 0 Å². The van der Waals surface area contributed by atoms with E-state index in [-0.39, 0.29) is 0 Å². The first-order valence-electron chi connectivity index (χ1n) is 5.50. The molecule has 0 unspecified atom stereocenters. The first-order valence-corrected chi connectivity index (χ1v) is 7.75. The number of benzene rings is 2. The van der Waals surface area contributed by atoms with E-state index >= 15 is 0 Å². The molecule has 0 bridgehead atoms. The molecule has 0 aromatic heterocycles. The number of halogens is 3. The minimum atomic E-state index is 0.727. The third-order valence-corrected chi connectivity index (χ3v) is 4.68. The fourth-order valence-corrected chi connectivity index (χ4v) is 2.82. The maximum atomic E-state index is 6.18. The molecule has 1 nitrogen and oxygen atoms in total. The second-order valence-electron chi connectivity index (χ2n) is 4.05. The second-order valence-corrected chi connectivity index (χ2v) is 6.54. The topological polar surface area (TPSA) is 12.0 Å². The molecule has 0 fully saturated rings.